The van der Waals surface area contributed by atoms with Gasteiger partial charge in [0, 0.05) is 10.9 Å². The maximum atomic E-state index is 13.2. The molecule has 0 fully saturated rings. The molecule has 0 aliphatic rings. The Morgan fingerprint density at radius 3 is 2.60 bits per heavy atom. The van der Waals surface area contributed by atoms with Crippen molar-refractivity contribution in [2.75, 3.05) is 0 Å². The molecule has 5 heteroatoms. The van der Waals surface area contributed by atoms with Crippen molar-refractivity contribution in [1.29, 1.82) is 0 Å². The average molecular weight is 337 g/mol. The summed E-state index contributed by atoms with van der Waals surface area (Å²) in [5, 5.41) is 0.509. The van der Waals surface area contributed by atoms with E-state index in [9.17, 15) is 13.6 Å². The first-order valence-corrected chi connectivity index (χ1v) is 6.53. The lowest BCUT2D eigenvalue weighted by atomic mass is 10.1. The predicted molar refractivity (Wildman–Crippen MR) is 73.7 cm³/mol. The molecule has 0 radical (unpaired) electrons. The van der Waals surface area contributed by atoms with Crippen LogP contribution < -0.4 is 0 Å². The second-order valence-corrected chi connectivity index (χ2v) is 5.11. The van der Waals surface area contributed by atoms with Gasteiger partial charge in [0.25, 0.3) is 0 Å². The van der Waals surface area contributed by atoms with Crippen molar-refractivity contribution in [1.82, 2.24) is 0 Å². The topological polar surface area (TPSA) is 30.2 Å². The van der Waals surface area contributed by atoms with Gasteiger partial charge < -0.3 is 4.42 Å². The third-order valence-corrected chi connectivity index (χ3v) is 3.49. The molecule has 0 amide bonds. The van der Waals surface area contributed by atoms with Gasteiger partial charge in [-0.3, -0.25) is 4.79 Å². The third-order valence-electron chi connectivity index (χ3n) is 2.88. The molecule has 0 bridgehead atoms. The number of hydrogen-bond acceptors (Lipinski definition) is 2. The van der Waals surface area contributed by atoms with E-state index < -0.39 is 11.6 Å². The molecule has 3 rings (SSSR count). The Bertz CT molecular complexity index is 824. The molecule has 2 aromatic carbocycles. The largest absolute Gasteiger partial charge is 0.453 e. The van der Waals surface area contributed by atoms with Gasteiger partial charge in [-0.25, -0.2) is 8.78 Å². The summed E-state index contributed by atoms with van der Waals surface area (Å²) in [5.41, 5.74) is 0.716. The molecule has 1 heterocycles. The smallest absolute Gasteiger partial charge is 0.228 e. The number of halogens is 3. The first-order chi connectivity index (χ1) is 9.54. The lowest BCUT2D eigenvalue weighted by molar-refractivity contribution is 0.101. The molecule has 1 aromatic heterocycles. The monoisotopic (exact) mass is 336 g/mol. The SMILES string of the molecule is O=C(c1ccc(F)c(Br)c1)c1cc2cc(F)ccc2o1. The molecule has 20 heavy (non-hydrogen) atoms. The van der Waals surface area contributed by atoms with Crippen molar-refractivity contribution in [2.24, 2.45) is 0 Å². The summed E-state index contributed by atoms with van der Waals surface area (Å²) in [6.45, 7) is 0. The van der Waals surface area contributed by atoms with Crippen LogP contribution in [0.3, 0.4) is 0 Å². The summed E-state index contributed by atoms with van der Waals surface area (Å²) < 4.78 is 31.8. The average Bonchev–Trinajstić information content (AvgIpc) is 2.84. The Balaban J connectivity index is 2.05. The lowest BCUT2D eigenvalue weighted by Gasteiger charge is -1.99. The fourth-order valence-corrected chi connectivity index (χ4v) is 2.28. The molecular formula is C15H7BrF2O2. The van der Waals surface area contributed by atoms with Gasteiger partial charge in [0.1, 0.15) is 17.2 Å². The second kappa shape index (κ2) is 4.83. The van der Waals surface area contributed by atoms with Crippen LogP contribution in [0.1, 0.15) is 16.1 Å². The standard InChI is InChI=1S/C15H7BrF2O2/c16-11-6-8(1-3-12(11)18)15(19)14-7-9-5-10(17)2-4-13(9)20-14/h1-7H. The highest BCUT2D eigenvalue weighted by atomic mass is 79.9. The highest BCUT2D eigenvalue weighted by Crippen LogP contribution is 2.24. The fourth-order valence-electron chi connectivity index (χ4n) is 1.91. The van der Waals surface area contributed by atoms with Crippen molar-refractivity contribution in [2.45, 2.75) is 0 Å². The quantitative estimate of drug-likeness (QED) is 0.634. The minimum absolute atomic E-state index is 0.0871. The van der Waals surface area contributed by atoms with Gasteiger partial charge in [-0.1, -0.05) is 0 Å². The van der Waals surface area contributed by atoms with E-state index in [0.717, 1.165) is 0 Å². The van der Waals surface area contributed by atoms with Crippen molar-refractivity contribution in [3.05, 3.63) is 69.9 Å². The maximum absolute atomic E-state index is 13.2. The zero-order valence-electron chi connectivity index (χ0n) is 9.99. The number of benzene rings is 2. The first-order valence-electron chi connectivity index (χ1n) is 5.73. The fraction of sp³-hybridized carbons (Fsp3) is 0. The lowest BCUT2D eigenvalue weighted by Crippen LogP contribution is -1.99. The van der Waals surface area contributed by atoms with Crippen molar-refractivity contribution in [3.63, 3.8) is 0 Å². The van der Waals surface area contributed by atoms with Crippen LogP contribution in [0.15, 0.2) is 51.4 Å². The molecule has 0 N–H and O–H groups in total. The molecule has 0 saturated heterocycles. The molecule has 0 spiro atoms. The number of carbonyl (C=O) groups excluding carboxylic acids is 1. The van der Waals surface area contributed by atoms with Crippen LogP contribution in [0.4, 0.5) is 8.78 Å². The minimum Gasteiger partial charge on any atom is -0.453 e. The first kappa shape index (κ1) is 13.0. The number of furan rings is 1. The summed E-state index contributed by atoms with van der Waals surface area (Å²) in [4.78, 5) is 12.2. The van der Waals surface area contributed by atoms with Gasteiger partial charge in [0.15, 0.2) is 5.76 Å². The minimum atomic E-state index is -0.451. The van der Waals surface area contributed by atoms with Crippen LogP contribution in [0.2, 0.25) is 0 Å². The highest BCUT2D eigenvalue weighted by Gasteiger charge is 2.16. The van der Waals surface area contributed by atoms with E-state index >= 15 is 0 Å². The van der Waals surface area contributed by atoms with Crippen molar-refractivity contribution in [3.8, 4) is 0 Å². The van der Waals surface area contributed by atoms with Crippen LogP contribution in [0.5, 0.6) is 0 Å². The van der Waals surface area contributed by atoms with Gasteiger partial charge in [-0.2, -0.15) is 0 Å². The Kier molecular flexibility index (Phi) is 3.14. The predicted octanol–water partition coefficient (Wildman–Crippen LogP) is 4.70. The van der Waals surface area contributed by atoms with Gasteiger partial charge in [-0.05, 0) is 58.4 Å². The number of rotatable bonds is 2. The number of ketones is 1. The highest BCUT2D eigenvalue weighted by molar-refractivity contribution is 9.10. The number of carbonyl (C=O) groups is 1. The number of fused-ring (bicyclic) bond motifs is 1. The van der Waals surface area contributed by atoms with E-state index in [4.69, 9.17) is 4.42 Å². The van der Waals surface area contributed by atoms with E-state index in [1.54, 1.807) is 0 Å². The molecule has 0 aliphatic heterocycles. The van der Waals surface area contributed by atoms with Crippen molar-refractivity contribution >= 4 is 32.7 Å². The van der Waals surface area contributed by atoms with E-state index in [1.807, 2.05) is 0 Å². The normalized spacial score (nSPS) is 10.9. The Labute approximate surface area is 121 Å². The van der Waals surface area contributed by atoms with Crippen LogP contribution in [-0.2, 0) is 0 Å². The van der Waals surface area contributed by atoms with Crippen LogP contribution >= 0.6 is 15.9 Å². The molecule has 2 nitrogen and oxygen atoms in total. The summed E-state index contributed by atoms with van der Waals surface area (Å²) in [7, 11) is 0. The van der Waals surface area contributed by atoms with Gasteiger partial charge in [0.2, 0.25) is 5.78 Å². The van der Waals surface area contributed by atoms with Gasteiger partial charge in [-0.15, -0.1) is 0 Å². The van der Waals surface area contributed by atoms with Crippen LogP contribution in [0.25, 0.3) is 11.0 Å². The zero-order valence-corrected chi connectivity index (χ0v) is 11.6. The Morgan fingerprint density at radius 2 is 1.85 bits per heavy atom. The number of hydrogen-bond donors (Lipinski definition) is 0. The molecule has 100 valence electrons. The zero-order chi connectivity index (χ0) is 14.3. The molecule has 0 atom stereocenters. The Morgan fingerprint density at radius 1 is 1.05 bits per heavy atom. The van der Waals surface area contributed by atoms with Gasteiger partial charge in [0.05, 0.1) is 4.47 Å². The maximum Gasteiger partial charge on any atom is 0.228 e. The van der Waals surface area contributed by atoms with Crippen molar-refractivity contribution < 1.29 is 18.0 Å². The summed E-state index contributed by atoms with van der Waals surface area (Å²) in [5.74, 6) is -1.15. The van der Waals surface area contributed by atoms with E-state index in [2.05, 4.69) is 15.9 Å². The Hall–Kier alpha value is -2.01. The molecule has 0 unspecified atom stereocenters. The summed E-state index contributed by atoms with van der Waals surface area (Å²) in [6.07, 6.45) is 0. The molecule has 0 aliphatic carbocycles. The molecule has 0 saturated carbocycles. The van der Waals surface area contributed by atoms with E-state index in [-0.39, 0.29) is 21.6 Å². The van der Waals surface area contributed by atoms with Gasteiger partial charge >= 0.3 is 0 Å². The molecule has 3 aromatic rings. The van der Waals surface area contributed by atoms with Crippen LogP contribution in [0, 0.1) is 11.6 Å². The summed E-state index contributed by atoms with van der Waals surface area (Å²) >= 11 is 3.02. The third kappa shape index (κ3) is 2.25. The van der Waals surface area contributed by atoms with E-state index in [1.165, 1.54) is 42.5 Å². The summed E-state index contributed by atoms with van der Waals surface area (Å²) in [6, 6.07) is 9.42. The second-order valence-electron chi connectivity index (χ2n) is 4.25. The molecular weight excluding hydrogens is 330 g/mol. The van der Waals surface area contributed by atoms with E-state index in [0.29, 0.717) is 11.0 Å². The van der Waals surface area contributed by atoms with Crippen LogP contribution in [-0.4, -0.2) is 5.78 Å².